The third-order valence-electron chi connectivity index (χ3n) is 3.02. The van der Waals surface area contributed by atoms with E-state index in [-0.39, 0.29) is 0 Å². The number of nitrogens with zero attached hydrogens (tertiary/aromatic N) is 3. The van der Waals surface area contributed by atoms with Crippen LogP contribution in [0.4, 0.5) is 11.6 Å². The average Bonchev–Trinajstić information content (AvgIpc) is 2.82. The van der Waals surface area contributed by atoms with E-state index in [4.69, 9.17) is 0 Å². The molecule has 0 bridgehead atoms. The summed E-state index contributed by atoms with van der Waals surface area (Å²) in [6, 6.07) is 2.52. The second-order valence-electron chi connectivity index (χ2n) is 4.52. The number of hydrogen-bond donors (Lipinski definition) is 2. The zero-order valence-electron chi connectivity index (χ0n) is 10.6. The molecule has 5 heteroatoms. The quantitative estimate of drug-likeness (QED) is 0.800. The van der Waals surface area contributed by atoms with E-state index in [9.17, 15) is 0 Å². The van der Waals surface area contributed by atoms with Gasteiger partial charge in [0.15, 0.2) is 0 Å². The van der Waals surface area contributed by atoms with Gasteiger partial charge in [0.05, 0.1) is 0 Å². The largest absolute Gasteiger partial charge is 0.366 e. The van der Waals surface area contributed by atoms with Crippen LogP contribution in [-0.4, -0.2) is 42.7 Å². The van der Waals surface area contributed by atoms with Crippen molar-refractivity contribution in [2.45, 2.75) is 25.8 Å². The predicted molar refractivity (Wildman–Crippen MR) is 70.5 cm³/mol. The summed E-state index contributed by atoms with van der Waals surface area (Å²) >= 11 is 0. The second kappa shape index (κ2) is 5.82. The standard InChI is InChI=1S/C12H21N5/c1-3-6-17(2)12-7-11(14-9-15-12)16-10-4-5-13-8-10/h7,9-10,13H,3-6,8H2,1-2H3,(H,14,15,16). The van der Waals surface area contributed by atoms with Crippen LogP contribution in [0.3, 0.4) is 0 Å². The van der Waals surface area contributed by atoms with Gasteiger partial charge in [0.2, 0.25) is 0 Å². The lowest BCUT2D eigenvalue weighted by Crippen LogP contribution is -2.23. The van der Waals surface area contributed by atoms with Crippen molar-refractivity contribution >= 4 is 11.6 Å². The molecule has 1 saturated heterocycles. The second-order valence-corrected chi connectivity index (χ2v) is 4.52. The summed E-state index contributed by atoms with van der Waals surface area (Å²) in [7, 11) is 2.06. The van der Waals surface area contributed by atoms with Gasteiger partial charge in [0, 0.05) is 32.2 Å². The van der Waals surface area contributed by atoms with Gasteiger partial charge >= 0.3 is 0 Å². The topological polar surface area (TPSA) is 53.1 Å². The van der Waals surface area contributed by atoms with E-state index >= 15 is 0 Å². The fourth-order valence-electron chi connectivity index (χ4n) is 2.07. The molecule has 0 spiro atoms. The van der Waals surface area contributed by atoms with Gasteiger partial charge in [-0.05, 0) is 19.4 Å². The smallest absolute Gasteiger partial charge is 0.133 e. The minimum atomic E-state index is 0.495. The zero-order chi connectivity index (χ0) is 12.1. The van der Waals surface area contributed by atoms with Crippen LogP contribution in [0.5, 0.6) is 0 Å². The first-order valence-electron chi connectivity index (χ1n) is 6.30. The molecule has 1 aromatic heterocycles. The highest BCUT2D eigenvalue weighted by atomic mass is 15.2. The Morgan fingerprint density at radius 1 is 1.53 bits per heavy atom. The molecule has 0 saturated carbocycles. The van der Waals surface area contributed by atoms with E-state index < -0.39 is 0 Å². The van der Waals surface area contributed by atoms with Crippen LogP contribution >= 0.6 is 0 Å². The predicted octanol–water partition coefficient (Wildman–Crippen LogP) is 1.10. The van der Waals surface area contributed by atoms with Gasteiger partial charge in [-0.25, -0.2) is 9.97 Å². The molecule has 5 nitrogen and oxygen atoms in total. The van der Waals surface area contributed by atoms with Crippen molar-refractivity contribution in [3.8, 4) is 0 Å². The molecule has 0 aromatic carbocycles. The Balaban J connectivity index is 2.00. The van der Waals surface area contributed by atoms with Crippen LogP contribution in [0.1, 0.15) is 19.8 Å². The molecular formula is C12H21N5. The minimum Gasteiger partial charge on any atom is -0.366 e. The molecule has 2 N–H and O–H groups in total. The van der Waals surface area contributed by atoms with Gasteiger partial charge in [-0.15, -0.1) is 0 Å². The molecule has 2 rings (SSSR count). The number of nitrogens with one attached hydrogen (secondary N) is 2. The minimum absolute atomic E-state index is 0.495. The van der Waals surface area contributed by atoms with Gasteiger partial charge in [0.1, 0.15) is 18.0 Å². The van der Waals surface area contributed by atoms with Gasteiger partial charge < -0.3 is 15.5 Å². The summed E-state index contributed by atoms with van der Waals surface area (Å²) in [6.07, 6.45) is 3.91. The Labute approximate surface area is 103 Å². The Kier molecular flexibility index (Phi) is 4.14. The Morgan fingerprint density at radius 2 is 2.41 bits per heavy atom. The summed E-state index contributed by atoms with van der Waals surface area (Å²) in [6.45, 7) is 5.29. The molecule has 1 aliphatic rings. The third-order valence-corrected chi connectivity index (χ3v) is 3.02. The SMILES string of the molecule is CCCN(C)c1cc(NC2CCNC2)ncn1. The van der Waals surface area contributed by atoms with Gasteiger partial charge in [-0.1, -0.05) is 6.92 Å². The van der Waals surface area contributed by atoms with Crippen LogP contribution < -0.4 is 15.5 Å². The Hall–Kier alpha value is -1.36. The molecule has 1 aliphatic heterocycles. The van der Waals surface area contributed by atoms with Crippen LogP contribution in [-0.2, 0) is 0 Å². The first-order valence-corrected chi connectivity index (χ1v) is 6.30. The van der Waals surface area contributed by atoms with Crippen LogP contribution in [0.15, 0.2) is 12.4 Å². The monoisotopic (exact) mass is 235 g/mol. The molecule has 1 atom stereocenters. The Morgan fingerprint density at radius 3 is 3.12 bits per heavy atom. The van der Waals surface area contributed by atoms with Crippen molar-refractivity contribution in [1.29, 1.82) is 0 Å². The highest BCUT2D eigenvalue weighted by Crippen LogP contribution is 2.14. The lowest BCUT2D eigenvalue weighted by molar-refractivity contribution is 0.784. The molecule has 1 fully saturated rings. The van der Waals surface area contributed by atoms with Gasteiger partial charge in [-0.3, -0.25) is 0 Å². The lowest BCUT2D eigenvalue weighted by atomic mass is 10.2. The van der Waals surface area contributed by atoms with Crippen LogP contribution in [0.2, 0.25) is 0 Å². The first-order chi connectivity index (χ1) is 8.29. The fourth-order valence-corrected chi connectivity index (χ4v) is 2.07. The van der Waals surface area contributed by atoms with Gasteiger partial charge in [0.25, 0.3) is 0 Å². The first kappa shape index (κ1) is 12.1. The summed E-state index contributed by atoms with van der Waals surface area (Å²) < 4.78 is 0. The van der Waals surface area contributed by atoms with E-state index in [1.807, 2.05) is 6.07 Å². The van der Waals surface area contributed by atoms with Crippen molar-refractivity contribution in [2.24, 2.45) is 0 Å². The maximum Gasteiger partial charge on any atom is 0.133 e. The van der Waals surface area contributed by atoms with Crippen molar-refractivity contribution in [3.05, 3.63) is 12.4 Å². The maximum atomic E-state index is 4.29. The van der Waals surface area contributed by atoms with Crippen LogP contribution in [0.25, 0.3) is 0 Å². The van der Waals surface area contributed by atoms with E-state index in [0.29, 0.717) is 6.04 Å². The summed E-state index contributed by atoms with van der Waals surface area (Å²) in [5.74, 6) is 1.90. The van der Waals surface area contributed by atoms with Gasteiger partial charge in [-0.2, -0.15) is 0 Å². The van der Waals surface area contributed by atoms with Crippen molar-refractivity contribution in [3.63, 3.8) is 0 Å². The molecule has 0 amide bonds. The summed E-state index contributed by atoms with van der Waals surface area (Å²) in [5, 5.41) is 6.77. The molecule has 17 heavy (non-hydrogen) atoms. The number of aromatic nitrogens is 2. The van der Waals surface area contributed by atoms with Crippen LogP contribution in [0, 0.1) is 0 Å². The molecule has 1 aromatic rings. The maximum absolute atomic E-state index is 4.29. The lowest BCUT2D eigenvalue weighted by Gasteiger charge is -2.18. The molecule has 0 radical (unpaired) electrons. The normalized spacial score (nSPS) is 19.3. The van der Waals surface area contributed by atoms with Crippen molar-refractivity contribution in [1.82, 2.24) is 15.3 Å². The van der Waals surface area contributed by atoms with Crippen molar-refractivity contribution in [2.75, 3.05) is 36.9 Å². The number of hydrogen-bond acceptors (Lipinski definition) is 5. The average molecular weight is 235 g/mol. The molecule has 2 heterocycles. The highest BCUT2D eigenvalue weighted by molar-refractivity contribution is 5.48. The molecule has 1 unspecified atom stereocenters. The molecular weight excluding hydrogens is 214 g/mol. The summed E-state index contributed by atoms with van der Waals surface area (Å²) in [5.41, 5.74) is 0. The Bertz CT molecular complexity index is 349. The van der Waals surface area contributed by atoms with E-state index in [2.05, 4.69) is 39.5 Å². The van der Waals surface area contributed by atoms with E-state index in [1.54, 1.807) is 6.33 Å². The van der Waals surface area contributed by atoms with E-state index in [1.165, 1.54) is 0 Å². The highest BCUT2D eigenvalue weighted by Gasteiger charge is 2.14. The zero-order valence-corrected chi connectivity index (χ0v) is 10.6. The third kappa shape index (κ3) is 3.30. The van der Waals surface area contributed by atoms with Crippen molar-refractivity contribution < 1.29 is 0 Å². The molecule has 0 aliphatic carbocycles. The number of anilines is 2. The fraction of sp³-hybridized carbons (Fsp3) is 0.667. The molecule has 94 valence electrons. The number of rotatable bonds is 5. The van der Waals surface area contributed by atoms with E-state index in [0.717, 1.165) is 44.1 Å². The summed E-state index contributed by atoms with van der Waals surface area (Å²) in [4.78, 5) is 10.7.